The molecular weight excluding hydrogens is 168 g/mol. The maximum atomic E-state index is 5.47. The summed E-state index contributed by atoms with van der Waals surface area (Å²) in [6.45, 7) is 9.01. The van der Waals surface area contributed by atoms with E-state index in [1.807, 2.05) is 0 Å². The Morgan fingerprint density at radius 2 is 1.46 bits per heavy atom. The molecule has 0 aliphatic carbocycles. The lowest BCUT2D eigenvalue weighted by Crippen LogP contribution is -2.41. The third-order valence-corrected chi connectivity index (χ3v) is 2.87. The van der Waals surface area contributed by atoms with Gasteiger partial charge in [-0.05, 0) is 13.8 Å². The van der Waals surface area contributed by atoms with Gasteiger partial charge in [0.05, 0.1) is 19.9 Å². The lowest BCUT2D eigenvalue weighted by Gasteiger charge is -2.27. The van der Waals surface area contributed by atoms with E-state index in [0.717, 1.165) is 33.0 Å². The molecule has 4 heteroatoms. The molecule has 2 aliphatic heterocycles. The third-order valence-electron chi connectivity index (χ3n) is 2.87. The summed E-state index contributed by atoms with van der Waals surface area (Å²) in [4.78, 5) is 4.68. The zero-order valence-electron chi connectivity index (χ0n) is 8.40. The molecule has 2 fully saturated rings. The molecule has 4 nitrogen and oxygen atoms in total. The molecule has 2 saturated heterocycles. The van der Waals surface area contributed by atoms with Gasteiger partial charge < -0.3 is 9.47 Å². The van der Waals surface area contributed by atoms with Crippen molar-refractivity contribution in [3.8, 4) is 0 Å². The van der Waals surface area contributed by atoms with E-state index >= 15 is 0 Å². The van der Waals surface area contributed by atoms with E-state index in [-0.39, 0.29) is 12.5 Å². The molecule has 0 radical (unpaired) electrons. The van der Waals surface area contributed by atoms with E-state index in [2.05, 4.69) is 23.6 Å². The van der Waals surface area contributed by atoms with Crippen molar-refractivity contribution in [1.29, 1.82) is 0 Å². The number of ether oxygens (including phenoxy) is 2. The highest BCUT2D eigenvalue weighted by Gasteiger charge is 2.27. The molecule has 0 aromatic heterocycles. The molecule has 0 aromatic rings. The summed E-state index contributed by atoms with van der Waals surface area (Å²) in [6.07, 6.45) is 0.542. The van der Waals surface area contributed by atoms with Crippen LogP contribution in [0.4, 0.5) is 0 Å². The van der Waals surface area contributed by atoms with Crippen LogP contribution < -0.4 is 0 Å². The summed E-state index contributed by atoms with van der Waals surface area (Å²) in [5, 5.41) is 0. The molecule has 2 rings (SSSR count). The van der Waals surface area contributed by atoms with Gasteiger partial charge in [-0.1, -0.05) is 0 Å². The van der Waals surface area contributed by atoms with E-state index < -0.39 is 0 Å². The number of hydrogen-bond acceptors (Lipinski definition) is 4. The molecule has 2 atom stereocenters. The second-order valence-electron chi connectivity index (χ2n) is 3.71. The fourth-order valence-corrected chi connectivity index (χ4v) is 1.86. The van der Waals surface area contributed by atoms with Crippen LogP contribution >= 0.6 is 0 Å². The predicted molar refractivity (Wildman–Crippen MR) is 49.1 cm³/mol. The van der Waals surface area contributed by atoms with Crippen molar-refractivity contribution in [3.05, 3.63) is 0 Å². The van der Waals surface area contributed by atoms with Gasteiger partial charge in [0.1, 0.15) is 12.5 Å². The van der Waals surface area contributed by atoms with Crippen LogP contribution in [-0.2, 0) is 9.47 Å². The Bertz CT molecular complexity index is 159. The summed E-state index contributed by atoms with van der Waals surface area (Å²) in [7, 11) is 0. The number of rotatable bonds is 2. The molecule has 0 spiro atoms. The fraction of sp³-hybridized carbons (Fsp3) is 1.00. The SMILES string of the molecule is CC1OCCN1CN1CCOC1C. The largest absolute Gasteiger partial charge is 0.362 e. The maximum absolute atomic E-state index is 5.47. The van der Waals surface area contributed by atoms with Gasteiger partial charge in [0, 0.05) is 13.1 Å². The van der Waals surface area contributed by atoms with Crippen LogP contribution in [-0.4, -0.2) is 55.2 Å². The van der Waals surface area contributed by atoms with Gasteiger partial charge in [0.15, 0.2) is 0 Å². The molecular formula is C9H18N2O2. The first kappa shape index (κ1) is 9.40. The van der Waals surface area contributed by atoms with E-state index in [1.165, 1.54) is 0 Å². The third kappa shape index (κ3) is 2.02. The summed E-state index contributed by atoms with van der Waals surface area (Å²) in [5.41, 5.74) is 0. The van der Waals surface area contributed by atoms with Crippen molar-refractivity contribution >= 4 is 0 Å². The van der Waals surface area contributed by atoms with Crippen LogP contribution in [0.25, 0.3) is 0 Å². The van der Waals surface area contributed by atoms with Crippen molar-refractivity contribution < 1.29 is 9.47 Å². The van der Waals surface area contributed by atoms with Crippen LogP contribution in [0.1, 0.15) is 13.8 Å². The van der Waals surface area contributed by atoms with Gasteiger partial charge >= 0.3 is 0 Å². The first-order chi connectivity index (χ1) is 6.27. The minimum Gasteiger partial charge on any atom is -0.362 e. The fourth-order valence-electron chi connectivity index (χ4n) is 1.86. The van der Waals surface area contributed by atoms with Crippen LogP contribution in [0, 0.1) is 0 Å². The van der Waals surface area contributed by atoms with Crippen molar-refractivity contribution in [2.45, 2.75) is 26.3 Å². The molecule has 2 heterocycles. The summed E-state index contributed by atoms with van der Waals surface area (Å²) in [6, 6.07) is 0. The Morgan fingerprint density at radius 3 is 1.77 bits per heavy atom. The Balaban J connectivity index is 1.82. The molecule has 0 bridgehead atoms. The van der Waals surface area contributed by atoms with Gasteiger partial charge in [-0.15, -0.1) is 0 Å². The Labute approximate surface area is 79.4 Å². The Kier molecular flexibility index (Phi) is 2.83. The lowest BCUT2D eigenvalue weighted by molar-refractivity contribution is -0.0148. The quantitative estimate of drug-likeness (QED) is 0.619. The predicted octanol–water partition coefficient (Wildman–Crippen LogP) is 0.300. The van der Waals surface area contributed by atoms with Gasteiger partial charge in [0.2, 0.25) is 0 Å². The average Bonchev–Trinajstić information content (AvgIpc) is 2.65. The summed E-state index contributed by atoms with van der Waals surface area (Å²) < 4.78 is 10.9. The van der Waals surface area contributed by atoms with Crippen LogP contribution in [0.2, 0.25) is 0 Å². The molecule has 0 N–H and O–H groups in total. The Hall–Kier alpha value is -0.160. The molecule has 13 heavy (non-hydrogen) atoms. The zero-order valence-corrected chi connectivity index (χ0v) is 8.40. The topological polar surface area (TPSA) is 24.9 Å². The maximum Gasteiger partial charge on any atom is 0.108 e. The standard InChI is InChI=1S/C9H18N2O2/c1-8-10(3-5-12-8)7-11-4-6-13-9(11)2/h8-9H,3-7H2,1-2H3. The van der Waals surface area contributed by atoms with Crippen molar-refractivity contribution in [3.63, 3.8) is 0 Å². The van der Waals surface area contributed by atoms with E-state index in [1.54, 1.807) is 0 Å². The van der Waals surface area contributed by atoms with Crippen molar-refractivity contribution in [2.75, 3.05) is 33.0 Å². The van der Waals surface area contributed by atoms with Crippen molar-refractivity contribution in [1.82, 2.24) is 9.80 Å². The average molecular weight is 186 g/mol. The summed E-state index contributed by atoms with van der Waals surface area (Å²) >= 11 is 0. The van der Waals surface area contributed by atoms with Gasteiger partial charge in [-0.3, -0.25) is 9.80 Å². The van der Waals surface area contributed by atoms with Crippen LogP contribution in [0.15, 0.2) is 0 Å². The zero-order chi connectivity index (χ0) is 9.26. The minimum atomic E-state index is 0.271. The first-order valence-electron chi connectivity index (χ1n) is 4.98. The first-order valence-corrected chi connectivity index (χ1v) is 4.98. The van der Waals surface area contributed by atoms with Gasteiger partial charge in [0.25, 0.3) is 0 Å². The second-order valence-corrected chi connectivity index (χ2v) is 3.71. The number of hydrogen-bond donors (Lipinski definition) is 0. The van der Waals surface area contributed by atoms with E-state index in [9.17, 15) is 0 Å². The lowest BCUT2D eigenvalue weighted by atomic mass is 10.5. The van der Waals surface area contributed by atoms with Crippen LogP contribution in [0.3, 0.4) is 0 Å². The highest BCUT2D eigenvalue weighted by atomic mass is 16.5. The minimum absolute atomic E-state index is 0.271. The molecule has 0 amide bonds. The molecule has 2 unspecified atom stereocenters. The normalized spacial score (nSPS) is 37.4. The molecule has 2 aliphatic rings. The highest BCUT2D eigenvalue weighted by Crippen LogP contribution is 2.14. The van der Waals surface area contributed by atoms with Gasteiger partial charge in [-0.2, -0.15) is 0 Å². The van der Waals surface area contributed by atoms with E-state index in [4.69, 9.17) is 9.47 Å². The smallest absolute Gasteiger partial charge is 0.108 e. The van der Waals surface area contributed by atoms with Crippen molar-refractivity contribution in [2.24, 2.45) is 0 Å². The molecule has 0 aromatic carbocycles. The number of nitrogens with zero attached hydrogens (tertiary/aromatic N) is 2. The monoisotopic (exact) mass is 186 g/mol. The molecule has 76 valence electrons. The second kappa shape index (κ2) is 3.92. The molecule has 0 saturated carbocycles. The van der Waals surface area contributed by atoms with E-state index in [0.29, 0.717) is 0 Å². The summed E-state index contributed by atoms with van der Waals surface area (Å²) in [5.74, 6) is 0. The Morgan fingerprint density at radius 1 is 1.00 bits per heavy atom. The highest BCUT2D eigenvalue weighted by molar-refractivity contribution is 4.70. The van der Waals surface area contributed by atoms with Crippen LogP contribution in [0.5, 0.6) is 0 Å². The van der Waals surface area contributed by atoms with Gasteiger partial charge in [-0.25, -0.2) is 0 Å².